The lowest BCUT2D eigenvalue weighted by Gasteiger charge is -2.26. The molecule has 0 amide bonds. The third-order valence-electron chi connectivity index (χ3n) is 4.13. The molecule has 0 aliphatic heterocycles. The SMILES string of the molecule is CCC(C)CC(C)NC1CCCCCC1C#N. The van der Waals surface area contributed by atoms with E-state index in [0.717, 1.165) is 12.3 Å². The molecule has 0 radical (unpaired) electrons. The molecule has 17 heavy (non-hydrogen) atoms. The summed E-state index contributed by atoms with van der Waals surface area (Å²) in [5.74, 6) is 1.01. The molecule has 1 N–H and O–H groups in total. The highest BCUT2D eigenvalue weighted by Crippen LogP contribution is 2.24. The van der Waals surface area contributed by atoms with Crippen LogP contribution >= 0.6 is 0 Å². The maximum Gasteiger partial charge on any atom is 0.0672 e. The molecule has 1 aliphatic carbocycles. The Labute approximate surface area is 107 Å². The average molecular weight is 236 g/mol. The molecule has 4 unspecified atom stereocenters. The van der Waals surface area contributed by atoms with Gasteiger partial charge >= 0.3 is 0 Å². The Kier molecular flexibility index (Phi) is 6.58. The molecule has 0 heterocycles. The minimum Gasteiger partial charge on any atom is -0.310 e. The lowest BCUT2D eigenvalue weighted by Crippen LogP contribution is -2.41. The summed E-state index contributed by atoms with van der Waals surface area (Å²) in [6, 6.07) is 3.48. The first-order valence-corrected chi connectivity index (χ1v) is 7.33. The van der Waals surface area contributed by atoms with Crippen molar-refractivity contribution in [2.75, 3.05) is 0 Å². The van der Waals surface area contributed by atoms with E-state index in [9.17, 15) is 5.26 Å². The molecule has 2 heteroatoms. The van der Waals surface area contributed by atoms with Gasteiger partial charge in [-0.1, -0.05) is 39.5 Å². The molecule has 98 valence electrons. The molecule has 0 aromatic heterocycles. The molecule has 2 nitrogen and oxygen atoms in total. The topological polar surface area (TPSA) is 35.8 Å². The van der Waals surface area contributed by atoms with Crippen molar-refractivity contribution < 1.29 is 0 Å². The van der Waals surface area contributed by atoms with Crippen LogP contribution < -0.4 is 5.32 Å². The zero-order chi connectivity index (χ0) is 12.7. The third kappa shape index (κ3) is 5.08. The van der Waals surface area contributed by atoms with E-state index in [4.69, 9.17) is 0 Å². The summed E-state index contributed by atoms with van der Waals surface area (Å²) in [5.41, 5.74) is 0. The highest BCUT2D eigenvalue weighted by Gasteiger charge is 2.24. The second kappa shape index (κ2) is 7.71. The zero-order valence-corrected chi connectivity index (χ0v) is 11.7. The van der Waals surface area contributed by atoms with Crippen molar-refractivity contribution in [1.82, 2.24) is 5.32 Å². The number of nitrogens with zero attached hydrogens (tertiary/aromatic N) is 1. The first kappa shape index (κ1) is 14.5. The van der Waals surface area contributed by atoms with Gasteiger partial charge in [-0.3, -0.25) is 0 Å². The van der Waals surface area contributed by atoms with E-state index in [1.54, 1.807) is 0 Å². The Balaban J connectivity index is 2.43. The molecular formula is C15H28N2. The van der Waals surface area contributed by atoms with Crippen molar-refractivity contribution in [3.63, 3.8) is 0 Å². The molecule has 0 bridgehead atoms. The largest absolute Gasteiger partial charge is 0.310 e. The van der Waals surface area contributed by atoms with Crippen molar-refractivity contribution in [3.05, 3.63) is 0 Å². The molecule has 1 rings (SSSR count). The summed E-state index contributed by atoms with van der Waals surface area (Å²) in [5, 5.41) is 12.9. The molecule has 1 fully saturated rings. The van der Waals surface area contributed by atoms with E-state index >= 15 is 0 Å². The average Bonchev–Trinajstić information content (AvgIpc) is 2.53. The number of rotatable bonds is 5. The second-order valence-corrected chi connectivity index (χ2v) is 5.80. The monoisotopic (exact) mass is 236 g/mol. The Bertz CT molecular complexity index is 244. The molecule has 0 spiro atoms. The fourth-order valence-corrected chi connectivity index (χ4v) is 2.87. The number of nitriles is 1. The van der Waals surface area contributed by atoms with Crippen molar-refractivity contribution in [2.24, 2.45) is 11.8 Å². The van der Waals surface area contributed by atoms with Crippen molar-refractivity contribution >= 4 is 0 Å². The summed E-state index contributed by atoms with van der Waals surface area (Å²) < 4.78 is 0. The zero-order valence-electron chi connectivity index (χ0n) is 11.7. The smallest absolute Gasteiger partial charge is 0.0672 e. The molecule has 4 atom stereocenters. The fraction of sp³-hybridized carbons (Fsp3) is 0.933. The van der Waals surface area contributed by atoms with E-state index in [1.165, 1.54) is 38.5 Å². The molecule has 1 aliphatic rings. The van der Waals surface area contributed by atoms with E-state index in [2.05, 4.69) is 32.2 Å². The van der Waals surface area contributed by atoms with Crippen molar-refractivity contribution in [3.8, 4) is 6.07 Å². The van der Waals surface area contributed by atoms with Gasteiger partial charge in [0.25, 0.3) is 0 Å². The van der Waals surface area contributed by atoms with E-state index in [0.29, 0.717) is 12.1 Å². The van der Waals surface area contributed by atoms with E-state index < -0.39 is 0 Å². The second-order valence-electron chi connectivity index (χ2n) is 5.80. The summed E-state index contributed by atoms with van der Waals surface area (Å²) >= 11 is 0. The quantitative estimate of drug-likeness (QED) is 0.735. The fourth-order valence-electron chi connectivity index (χ4n) is 2.87. The Morgan fingerprint density at radius 1 is 1.24 bits per heavy atom. The number of hydrogen-bond acceptors (Lipinski definition) is 2. The van der Waals surface area contributed by atoms with Gasteiger partial charge in [-0.05, 0) is 32.1 Å². The van der Waals surface area contributed by atoms with E-state index in [-0.39, 0.29) is 5.92 Å². The van der Waals surface area contributed by atoms with Crippen molar-refractivity contribution in [1.29, 1.82) is 5.26 Å². The normalized spacial score (nSPS) is 29.1. The number of hydrogen-bond donors (Lipinski definition) is 1. The highest BCUT2D eigenvalue weighted by molar-refractivity contribution is 4.94. The van der Waals surface area contributed by atoms with Gasteiger partial charge in [-0.25, -0.2) is 0 Å². The van der Waals surface area contributed by atoms with Gasteiger partial charge in [0.2, 0.25) is 0 Å². The van der Waals surface area contributed by atoms with Crippen LogP contribution in [-0.2, 0) is 0 Å². The van der Waals surface area contributed by atoms with Crippen LogP contribution in [0.5, 0.6) is 0 Å². The first-order chi connectivity index (χ1) is 8.17. The van der Waals surface area contributed by atoms with Crippen LogP contribution in [0.2, 0.25) is 0 Å². The van der Waals surface area contributed by atoms with Gasteiger partial charge < -0.3 is 5.32 Å². The summed E-state index contributed by atoms with van der Waals surface area (Å²) in [6.07, 6.45) is 8.56. The van der Waals surface area contributed by atoms with Crippen LogP contribution in [0.25, 0.3) is 0 Å². The maximum absolute atomic E-state index is 9.24. The lowest BCUT2D eigenvalue weighted by atomic mass is 9.93. The van der Waals surface area contributed by atoms with Gasteiger partial charge in [0.15, 0.2) is 0 Å². The van der Waals surface area contributed by atoms with Crippen LogP contribution in [0.1, 0.15) is 65.7 Å². The van der Waals surface area contributed by atoms with Crippen LogP contribution in [0.15, 0.2) is 0 Å². The minimum absolute atomic E-state index is 0.233. The van der Waals surface area contributed by atoms with Crippen LogP contribution in [0.3, 0.4) is 0 Å². The third-order valence-corrected chi connectivity index (χ3v) is 4.13. The predicted molar refractivity (Wildman–Crippen MR) is 72.6 cm³/mol. The molecule has 1 saturated carbocycles. The molecule has 0 saturated heterocycles. The van der Waals surface area contributed by atoms with Gasteiger partial charge in [0, 0.05) is 12.1 Å². The van der Waals surface area contributed by atoms with Gasteiger partial charge in [0.1, 0.15) is 0 Å². The Hall–Kier alpha value is -0.550. The maximum atomic E-state index is 9.24. The van der Waals surface area contributed by atoms with Gasteiger partial charge in [0.05, 0.1) is 12.0 Å². The van der Waals surface area contributed by atoms with Crippen LogP contribution in [0, 0.1) is 23.2 Å². The Morgan fingerprint density at radius 3 is 2.59 bits per heavy atom. The molecular weight excluding hydrogens is 208 g/mol. The Morgan fingerprint density at radius 2 is 1.94 bits per heavy atom. The summed E-state index contributed by atoms with van der Waals surface area (Å²) in [4.78, 5) is 0. The highest BCUT2D eigenvalue weighted by atomic mass is 15.0. The summed E-state index contributed by atoms with van der Waals surface area (Å²) in [7, 11) is 0. The predicted octanol–water partition coefficient (Wildman–Crippen LogP) is 3.87. The van der Waals surface area contributed by atoms with Gasteiger partial charge in [-0.2, -0.15) is 5.26 Å². The standard InChI is InChI=1S/C15H28N2/c1-4-12(2)10-13(3)17-15-9-7-5-6-8-14(15)11-16/h12-15,17H,4-10H2,1-3H3. The molecule has 0 aromatic carbocycles. The first-order valence-electron chi connectivity index (χ1n) is 7.33. The van der Waals surface area contributed by atoms with Gasteiger partial charge in [-0.15, -0.1) is 0 Å². The van der Waals surface area contributed by atoms with Crippen molar-refractivity contribution in [2.45, 2.75) is 77.8 Å². The van der Waals surface area contributed by atoms with E-state index in [1.807, 2.05) is 0 Å². The van der Waals surface area contributed by atoms with Crippen LogP contribution in [0.4, 0.5) is 0 Å². The minimum atomic E-state index is 0.233. The van der Waals surface area contributed by atoms with Crippen LogP contribution in [-0.4, -0.2) is 12.1 Å². The molecule has 0 aromatic rings. The lowest BCUT2D eigenvalue weighted by molar-refractivity contribution is 0.322. The summed E-state index contributed by atoms with van der Waals surface area (Å²) in [6.45, 7) is 6.83. The number of nitrogens with one attached hydrogen (secondary N) is 1.